The fourth-order valence-electron chi connectivity index (χ4n) is 1.37. The maximum absolute atomic E-state index is 13.5. The lowest BCUT2D eigenvalue weighted by Gasteiger charge is -2.14. The molecule has 1 unspecified atom stereocenters. The molecule has 0 radical (unpaired) electrons. The van der Waals surface area contributed by atoms with Crippen LogP contribution in [0.5, 0.6) is 0 Å². The summed E-state index contributed by atoms with van der Waals surface area (Å²) in [7, 11) is 0. The van der Waals surface area contributed by atoms with E-state index >= 15 is 0 Å². The van der Waals surface area contributed by atoms with Crippen LogP contribution in [0.25, 0.3) is 0 Å². The summed E-state index contributed by atoms with van der Waals surface area (Å²) in [5, 5.41) is 3.25. The van der Waals surface area contributed by atoms with E-state index in [9.17, 15) is 4.39 Å². The molecule has 4 heteroatoms. The van der Waals surface area contributed by atoms with Crippen LogP contribution in [-0.4, -0.2) is 12.6 Å². The van der Waals surface area contributed by atoms with Crippen LogP contribution in [-0.2, 0) is 6.42 Å². The van der Waals surface area contributed by atoms with E-state index in [2.05, 4.69) is 43.8 Å². The average molecular weight is 351 g/mol. The summed E-state index contributed by atoms with van der Waals surface area (Å²) in [6.45, 7) is 6.46. The SMILES string of the molecule is C=C(Br)CNC(C)Cc1ccc(Br)cc1F. The van der Waals surface area contributed by atoms with Gasteiger partial charge in [0.05, 0.1) is 0 Å². The highest BCUT2D eigenvalue weighted by Crippen LogP contribution is 2.16. The van der Waals surface area contributed by atoms with Gasteiger partial charge in [-0.15, -0.1) is 0 Å². The molecule has 0 amide bonds. The molecule has 1 aromatic rings. The third-order valence-corrected chi connectivity index (χ3v) is 2.96. The van der Waals surface area contributed by atoms with E-state index in [0.717, 1.165) is 14.5 Å². The van der Waals surface area contributed by atoms with Crippen molar-refractivity contribution >= 4 is 31.9 Å². The van der Waals surface area contributed by atoms with Crippen molar-refractivity contribution in [3.8, 4) is 0 Å². The highest BCUT2D eigenvalue weighted by molar-refractivity contribution is 9.11. The molecule has 0 aliphatic heterocycles. The van der Waals surface area contributed by atoms with E-state index in [1.165, 1.54) is 6.07 Å². The lowest BCUT2D eigenvalue weighted by molar-refractivity contribution is 0.548. The molecule has 88 valence electrons. The van der Waals surface area contributed by atoms with E-state index in [0.29, 0.717) is 13.0 Å². The fraction of sp³-hybridized carbons (Fsp3) is 0.333. The van der Waals surface area contributed by atoms with Crippen molar-refractivity contribution in [2.75, 3.05) is 6.54 Å². The summed E-state index contributed by atoms with van der Waals surface area (Å²) in [6.07, 6.45) is 0.666. The first-order chi connectivity index (χ1) is 7.49. The highest BCUT2D eigenvalue weighted by Gasteiger charge is 2.07. The zero-order valence-corrected chi connectivity index (χ0v) is 12.2. The Labute approximate surface area is 112 Å². The summed E-state index contributed by atoms with van der Waals surface area (Å²) < 4.78 is 15.2. The van der Waals surface area contributed by atoms with Gasteiger partial charge in [0.1, 0.15) is 5.82 Å². The summed E-state index contributed by atoms with van der Waals surface area (Å²) in [4.78, 5) is 0. The van der Waals surface area contributed by atoms with Gasteiger partial charge in [-0.2, -0.15) is 0 Å². The Morgan fingerprint density at radius 3 is 2.81 bits per heavy atom. The van der Waals surface area contributed by atoms with Gasteiger partial charge >= 0.3 is 0 Å². The predicted molar refractivity (Wildman–Crippen MR) is 73.3 cm³/mol. The van der Waals surface area contributed by atoms with Gasteiger partial charge in [-0.25, -0.2) is 4.39 Å². The molecule has 0 saturated carbocycles. The number of hydrogen-bond donors (Lipinski definition) is 1. The molecule has 0 aliphatic carbocycles. The van der Waals surface area contributed by atoms with Gasteiger partial charge in [0.15, 0.2) is 0 Å². The van der Waals surface area contributed by atoms with Crippen LogP contribution in [0, 0.1) is 5.82 Å². The molecule has 0 aliphatic rings. The Balaban J connectivity index is 2.55. The quantitative estimate of drug-likeness (QED) is 0.845. The molecule has 1 nitrogen and oxygen atoms in total. The van der Waals surface area contributed by atoms with Crippen molar-refractivity contribution in [2.45, 2.75) is 19.4 Å². The molecule has 1 atom stereocenters. The maximum atomic E-state index is 13.5. The average Bonchev–Trinajstić information content (AvgIpc) is 2.19. The lowest BCUT2D eigenvalue weighted by Crippen LogP contribution is -2.29. The first-order valence-electron chi connectivity index (χ1n) is 4.99. The molecule has 0 saturated heterocycles. The van der Waals surface area contributed by atoms with E-state index in [-0.39, 0.29) is 11.9 Å². The van der Waals surface area contributed by atoms with Crippen LogP contribution in [0.2, 0.25) is 0 Å². The van der Waals surface area contributed by atoms with E-state index in [4.69, 9.17) is 0 Å². The summed E-state index contributed by atoms with van der Waals surface area (Å²) in [6, 6.07) is 5.37. The van der Waals surface area contributed by atoms with Crippen LogP contribution < -0.4 is 5.32 Å². The standard InChI is InChI=1S/C12H14Br2FN/c1-8(13)7-16-9(2)5-10-3-4-11(14)6-12(10)15/h3-4,6,9,16H,1,5,7H2,2H3. The van der Waals surface area contributed by atoms with Crippen LogP contribution in [0.3, 0.4) is 0 Å². The van der Waals surface area contributed by atoms with E-state index < -0.39 is 0 Å². The Morgan fingerprint density at radius 1 is 1.56 bits per heavy atom. The largest absolute Gasteiger partial charge is 0.309 e. The van der Waals surface area contributed by atoms with Gasteiger partial charge in [-0.3, -0.25) is 0 Å². The molecule has 0 aromatic heterocycles. The van der Waals surface area contributed by atoms with Crippen molar-refractivity contribution in [3.05, 3.63) is 45.1 Å². The minimum atomic E-state index is -0.166. The normalized spacial score (nSPS) is 12.5. The van der Waals surface area contributed by atoms with Crippen molar-refractivity contribution in [2.24, 2.45) is 0 Å². The van der Waals surface area contributed by atoms with Crippen LogP contribution in [0.1, 0.15) is 12.5 Å². The molecule has 0 fully saturated rings. The van der Waals surface area contributed by atoms with Gasteiger partial charge in [0, 0.05) is 21.5 Å². The molecular weight excluding hydrogens is 337 g/mol. The Morgan fingerprint density at radius 2 is 2.25 bits per heavy atom. The Bertz CT molecular complexity index is 379. The van der Waals surface area contributed by atoms with Crippen LogP contribution in [0.15, 0.2) is 33.7 Å². The Kier molecular flexibility index (Phi) is 5.66. The number of benzene rings is 1. The van der Waals surface area contributed by atoms with Gasteiger partial charge in [-0.1, -0.05) is 44.5 Å². The maximum Gasteiger partial charge on any atom is 0.127 e. The minimum Gasteiger partial charge on any atom is -0.309 e. The molecule has 1 aromatic carbocycles. The highest BCUT2D eigenvalue weighted by atomic mass is 79.9. The Hall–Kier alpha value is -0.190. The smallest absolute Gasteiger partial charge is 0.127 e. The first kappa shape index (κ1) is 13.9. The molecule has 1 N–H and O–H groups in total. The number of halogens is 3. The fourth-order valence-corrected chi connectivity index (χ4v) is 1.87. The van der Waals surface area contributed by atoms with Gasteiger partial charge in [-0.05, 0) is 31.0 Å². The second-order valence-electron chi connectivity index (χ2n) is 3.74. The van der Waals surface area contributed by atoms with Crippen LogP contribution in [0.4, 0.5) is 4.39 Å². The summed E-state index contributed by atoms with van der Waals surface area (Å²) in [5.74, 6) is -0.166. The number of nitrogens with one attached hydrogen (secondary N) is 1. The van der Waals surface area contributed by atoms with Crippen molar-refractivity contribution in [1.29, 1.82) is 0 Å². The van der Waals surface area contributed by atoms with Gasteiger partial charge in [0.25, 0.3) is 0 Å². The predicted octanol–water partition coefficient (Wildman–Crippen LogP) is 4.02. The third-order valence-electron chi connectivity index (χ3n) is 2.18. The van der Waals surface area contributed by atoms with E-state index in [1.807, 2.05) is 13.0 Å². The van der Waals surface area contributed by atoms with E-state index in [1.54, 1.807) is 6.07 Å². The zero-order chi connectivity index (χ0) is 12.1. The third kappa shape index (κ3) is 4.76. The molecule has 1 rings (SSSR count). The monoisotopic (exact) mass is 349 g/mol. The minimum absolute atomic E-state index is 0.166. The van der Waals surface area contributed by atoms with Crippen LogP contribution >= 0.6 is 31.9 Å². The van der Waals surface area contributed by atoms with Gasteiger partial charge < -0.3 is 5.32 Å². The molecule has 0 heterocycles. The number of hydrogen-bond acceptors (Lipinski definition) is 1. The van der Waals surface area contributed by atoms with Crippen molar-refractivity contribution in [1.82, 2.24) is 5.32 Å². The molecule has 0 spiro atoms. The second kappa shape index (κ2) is 6.52. The zero-order valence-electron chi connectivity index (χ0n) is 9.06. The second-order valence-corrected chi connectivity index (χ2v) is 5.78. The number of rotatable bonds is 5. The topological polar surface area (TPSA) is 12.0 Å². The molecular formula is C12H14Br2FN. The van der Waals surface area contributed by atoms with Gasteiger partial charge in [0.2, 0.25) is 0 Å². The van der Waals surface area contributed by atoms with Crippen molar-refractivity contribution < 1.29 is 4.39 Å². The molecule has 16 heavy (non-hydrogen) atoms. The molecule has 0 bridgehead atoms. The summed E-state index contributed by atoms with van der Waals surface area (Å²) >= 11 is 6.51. The first-order valence-corrected chi connectivity index (χ1v) is 6.58. The lowest BCUT2D eigenvalue weighted by atomic mass is 10.1. The summed E-state index contributed by atoms with van der Waals surface area (Å²) in [5.41, 5.74) is 0.725. The van der Waals surface area contributed by atoms with Crippen molar-refractivity contribution in [3.63, 3.8) is 0 Å².